The van der Waals surface area contributed by atoms with Gasteiger partial charge in [0.1, 0.15) is 17.4 Å². The van der Waals surface area contributed by atoms with E-state index in [9.17, 15) is 0 Å². The molecule has 3 aliphatic rings. The molecule has 6 heteroatoms. The topological polar surface area (TPSA) is 13.0 Å². The van der Waals surface area contributed by atoms with Gasteiger partial charge in [-0.1, -0.05) is 12.1 Å². The quantitative estimate of drug-likeness (QED) is 0.283. The average Bonchev–Trinajstić information content (AvgIpc) is 3.35. The smallest absolute Gasteiger partial charge is 0.232 e. The van der Waals surface area contributed by atoms with Gasteiger partial charge in [0.05, 0.1) is 5.69 Å². The van der Waals surface area contributed by atoms with Crippen LogP contribution >= 0.6 is 11.8 Å². The van der Waals surface area contributed by atoms with Crippen LogP contribution in [-0.4, -0.2) is 57.7 Å². The van der Waals surface area contributed by atoms with Gasteiger partial charge in [-0.05, 0) is 80.2 Å². The molecule has 5 nitrogen and oxygen atoms in total. The highest BCUT2D eigenvalue weighted by Gasteiger charge is 2.57. The first-order valence-electron chi connectivity index (χ1n) is 14.2. The minimum absolute atomic E-state index is 0.120. The lowest BCUT2D eigenvalue weighted by atomic mass is 9.92. The normalized spacial score (nSPS) is 20.2. The lowest BCUT2D eigenvalue weighted by molar-refractivity contribution is 0.321. The third kappa shape index (κ3) is 4.13. The molecule has 40 heavy (non-hydrogen) atoms. The van der Waals surface area contributed by atoms with Crippen LogP contribution in [-0.2, 0) is 0 Å². The second-order valence-electron chi connectivity index (χ2n) is 11.1. The monoisotopic (exact) mass is 550 g/mol. The number of thioether (sulfide) groups is 1. The number of likely N-dealkylation sites (N-methyl/N-ethyl adjacent to an activating group) is 1. The molecule has 3 aromatic rings. The van der Waals surface area contributed by atoms with E-state index >= 15 is 0 Å². The summed E-state index contributed by atoms with van der Waals surface area (Å²) in [5.41, 5.74) is 9.03. The second-order valence-corrected chi connectivity index (χ2v) is 12.2. The van der Waals surface area contributed by atoms with Crippen LogP contribution in [0.15, 0.2) is 113 Å². The van der Waals surface area contributed by atoms with Crippen LogP contribution < -0.4 is 19.2 Å². The minimum atomic E-state index is 0.120. The van der Waals surface area contributed by atoms with E-state index < -0.39 is 0 Å². The zero-order valence-electron chi connectivity index (χ0n) is 24.5. The zero-order chi connectivity index (χ0) is 28.0. The number of para-hydroxylation sites is 1. The zero-order valence-corrected chi connectivity index (χ0v) is 25.3. The van der Waals surface area contributed by atoms with Gasteiger partial charge in [-0.2, -0.15) is 0 Å². The molecule has 0 N–H and O–H groups in total. The Hall–Kier alpha value is -3.61. The lowest BCUT2D eigenvalue weighted by Gasteiger charge is -2.52. The number of rotatable bonds is 7. The van der Waals surface area contributed by atoms with Crippen LogP contribution in [0.3, 0.4) is 0 Å². The Balaban J connectivity index is 1.62. The number of nitrogens with zero attached hydrogens (tertiary/aromatic N) is 5. The molecule has 0 saturated carbocycles. The summed E-state index contributed by atoms with van der Waals surface area (Å²) in [5.74, 6) is 0. The molecule has 1 aliphatic carbocycles. The van der Waals surface area contributed by atoms with E-state index in [-0.39, 0.29) is 11.5 Å². The largest absolute Gasteiger partial charge is 0.378 e. The predicted octanol–water partition coefficient (Wildman–Crippen LogP) is 7.42. The van der Waals surface area contributed by atoms with Gasteiger partial charge in [-0.25, -0.2) is 4.48 Å². The number of fused-ring (bicyclic) bond motifs is 4. The molecular weight excluding hydrogens is 510 g/mol. The molecule has 3 aromatic carbocycles. The van der Waals surface area contributed by atoms with E-state index in [0.717, 1.165) is 13.1 Å². The molecule has 0 bridgehead atoms. The molecule has 0 spiro atoms. The molecular formula is C34H40N5S+. The van der Waals surface area contributed by atoms with E-state index in [1.165, 1.54) is 44.6 Å². The summed E-state index contributed by atoms with van der Waals surface area (Å²) in [6.45, 7) is 6.46. The number of hydrogen-bond donors (Lipinski definition) is 0. The van der Waals surface area contributed by atoms with Crippen molar-refractivity contribution in [1.29, 1.82) is 0 Å². The number of quaternary nitrogens is 1. The Morgan fingerprint density at radius 2 is 1.35 bits per heavy atom. The fraction of sp³-hybridized carbons (Fsp3) is 0.294. The van der Waals surface area contributed by atoms with Gasteiger partial charge in [-0.15, -0.1) is 0 Å². The van der Waals surface area contributed by atoms with Crippen LogP contribution in [0.1, 0.15) is 13.8 Å². The summed E-state index contributed by atoms with van der Waals surface area (Å²) in [6, 6.07) is 27.4. The highest BCUT2D eigenvalue weighted by Crippen LogP contribution is 2.57. The molecule has 2 unspecified atom stereocenters. The number of anilines is 3. The van der Waals surface area contributed by atoms with Gasteiger partial charge in [0, 0.05) is 99.3 Å². The Kier molecular flexibility index (Phi) is 6.93. The van der Waals surface area contributed by atoms with Crippen molar-refractivity contribution in [2.45, 2.75) is 30.3 Å². The van der Waals surface area contributed by atoms with Gasteiger partial charge in [0.2, 0.25) is 5.50 Å². The lowest BCUT2D eigenvalue weighted by Crippen LogP contribution is -2.65. The van der Waals surface area contributed by atoms with Crippen molar-refractivity contribution in [3.05, 3.63) is 108 Å². The number of allylic oxidation sites excluding steroid dienone is 1. The van der Waals surface area contributed by atoms with Crippen molar-refractivity contribution < 1.29 is 0 Å². The van der Waals surface area contributed by atoms with E-state index in [2.05, 4.69) is 159 Å². The van der Waals surface area contributed by atoms with Gasteiger partial charge in [0.15, 0.2) is 0 Å². The van der Waals surface area contributed by atoms with E-state index in [4.69, 9.17) is 0 Å². The van der Waals surface area contributed by atoms with Crippen LogP contribution in [0.25, 0.3) is 0 Å². The Bertz CT molecular complexity index is 1410. The van der Waals surface area contributed by atoms with Gasteiger partial charge >= 0.3 is 0 Å². The molecule has 0 aromatic heterocycles. The minimum Gasteiger partial charge on any atom is -0.378 e. The Morgan fingerprint density at radius 3 is 1.90 bits per heavy atom. The summed E-state index contributed by atoms with van der Waals surface area (Å²) in [6.07, 6.45) is 9.65. The first kappa shape index (κ1) is 26.6. The summed E-state index contributed by atoms with van der Waals surface area (Å²) in [4.78, 5) is 10.7. The van der Waals surface area contributed by atoms with Crippen LogP contribution in [0.5, 0.6) is 0 Å². The third-order valence-electron chi connectivity index (χ3n) is 8.51. The third-order valence-corrected chi connectivity index (χ3v) is 9.88. The highest BCUT2D eigenvalue weighted by atomic mass is 32.2. The van der Waals surface area contributed by atoms with Crippen LogP contribution in [0.4, 0.5) is 28.4 Å². The van der Waals surface area contributed by atoms with Crippen molar-refractivity contribution >= 4 is 40.2 Å². The molecule has 2 aliphatic heterocycles. The summed E-state index contributed by atoms with van der Waals surface area (Å²) in [5, 5.41) is 0. The Labute approximate surface area is 243 Å². The van der Waals surface area contributed by atoms with Crippen LogP contribution in [0, 0.1) is 0 Å². The standard InChI is InChI=1S/C34H40N5S/c1-7-37(8-2)28-17-22-32-25(23-28)24-38-31-11-9-10-12-33(31)40-34(38)39(32,29-18-13-26(14-19-29)35(3)4)30-20-15-27(16-21-30)36(5)6/h9-24,32,34H,7-8H2,1-6H3/q+1. The van der Waals surface area contributed by atoms with Gasteiger partial charge in [0.25, 0.3) is 0 Å². The molecule has 0 fully saturated rings. The summed E-state index contributed by atoms with van der Waals surface area (Å²) >= 11 is 1.98. The molecule has 2 heterocycles. The van der Waals surface area contributed by atoms with Crippen molar-refractivity contribution in [2.24, 2.45) is 0 Å². The van der Waals surface area contributed by atoms with E-state index in [0.29, 0.717) is 4.48 Å². The first-order chi connectivity index (χ1) is 19.4. The number of hydrogen-bond acceptors (Lipinski definition) is 5. The van der Waals surface area contributed by atoms with Gasteiger partial charge < -0.3 is 14.7 Å². The summed E-state index contributed by atoms with van der Waals surface area (Å²) < 4.78 is 0.686. The van der Waals surface area contributed by atoms with Crippen molar-refractivity contribution in [2.75, 3.05) is 56.0 Å². The fourth-order valence-corrected chi connectivity index (χ4v) is 7.87. The molecule has 2 atom stereocenters. The van der Waals surface area contributed by atoms with Gasteiger partial charge in [-0.3, -0.25) is 4.90 Å². The Morgan fingerprint density at radius 1 is 0.775 bits per heavy atom. The number of benzene rings is 3. The van der Waals surface area contributed by atoms with E-state index in [1.807, 2.05) is 11.8 Å². The second kappa shape index (κ2) is 10.4. The SMILES string of the molecule is CCN(CC)C1=CC2=CN3c4ccccc4SC3[N+](c3ccc(N(C)C)cc3)(c3ccc(N(C)C)cc3)C2C=C1. The maximum absolute atomic E-state index is 2.53. The molecule has 6 rings (SSSR count). The molecule has 0 radical (unpaired) electrons. The van der Waals surface area contributed by atoms with Crippen LogP contribution in [0.2, 0.25) is 0 Å². The predicted molar refractivity (Wildman–Crippen MR) is 174 cm³/mol. The first-order valence-corrected chi connectivity index (χ1v) is 15.1. The van der Waals surface area contributed by atoms with E-state index in [1.54, 1.807) is 0 Å². The molecule has 0 amide bonds. The van der Waals surface area contributed by atoms with Crippen molar-refractivity contribution in [3.63, 3.8) is 0 Å². The fourth-order valence-electron chi connectivity index (χ4n) is 6.37. The molecule has 0 saturated heterocycles. The van der Waals surface area contributed by atoms with Crippen molar-refractivity contribution in [1.82, 2.24) is 9.38 Å². The maximum Gasteiger partial charge on any atom is 0.232 e. The molecule has 206 valence electrons. The van der Waals surface area contributed by atoms with Crippen molar-refractivity contribution in [3.8, 4) is 0 Å². The summed E-state index contributed by atoms with van der Waals surface area (Å²) in [7, 11) is 8.43. The maximum atomic E-state index is 2.53. The average molecular weight is 551 g/mol. The highest BCUT2D eigenvalue weighted by molar-refractivity contribution is 8.00.